The van der Waals surface area contributed by atoms with Crippen LogP contribution in [0.2, 0.25) is 0 Å². The Morgan fingerprint density at radius 2 is 1.85 bits per heavy atom. The first-order valence-electron chi connectivity index (χ1n) is 10.6. The number of rotatable bonds is 9. The zero-order valence-electron chi connectivity index (χ0n) is 18.6. The number of halogens is 3. The van der Waals surface area contributed by atoms with Crippen molar-refractivity contribution in [3.05, 3.63) is 59.2 Å². The molecule has 1 aliphatic heterocycles. The highest BCUT2D eigenvalue weighted by molar-refractivity contribution is 5.80. The van der Waals surface area contributed by atoms with Crippen LogP contribution in [-0.4, -0.2) is 31.6 Å². The largest absolute Gasteiger partial charge is 0.493 e. The van der Waals surface area contributed by atoms with Gasteiger partial charge in [-0.2, -0.15) is 13.2 Å². The molecule has 0 spiro atoms. The molecular weight excluding hydrogens is 437 g/mol. The molecule has 0 unspecified atom stereocenters. The molecule has 0 aliphatic carbocycles. The lowest BCUT2D eigenvalue weighted by Gasteiger charge is -2.29. The van der Waals surface area contributed by atoms with Crippen LogP contribution in [0.4, 0.5) is 13.2 Å². The van der Waals surface area contributed by atoms with E-state index in [4.69, 9.17) is 9.47 Å². The van der Waals surface area contributed by atoms with Crippen LogP contribution >= 0.6 is 0 Å². The number of ether oxygens (including phenoxy) is 2. The van der Waals surface area contributed by atoms with Gasteiger partial charge in [0.05, 0.1) is 19.8 Å². The molecule has 1 saturated heterocycles. The van der Waals surface area contributed by atoms with E-state index in [2.05, 4.69) is 10.6 Å². The summed E-state index contributed by atoms with van der Waals surface area (Å²) < 4.78 is 49.2. The van der Waals surface area contributed by atoms with E-state index in [0.717, 1.165) is 17.7 Å². The summed E-state index contributed by atoms with van der Waals surface area (Å²) in [4.78, 5) is 24.4. The van der Waals surface area contributed by atoms with E-state index in [-0.39, 0.29) is 24.8 Å². The predicted octanol–water partition coefficient (Wildman–Crippen LogP) is 4.01. The van der Waals surface area contributed by atoms with Crippen molar-refractivity contribution in [2.24, 2.45) is 0 Å². The Bertz CT molecular complexity index is 1010. The van der Waals surface area contributed by atoms with E-state index >= 15 is 0 Å². The number of amides is 2. The predicted molar refractivity (Wildman–Crippen MR) is 116 cm³/mol. The highest BCUT2D eigenvalue weighted by Crippen LogP contribution is 2.34. The molecule has 178 valence electrons. The third-order valence-corrected chi connectivity index (χ3v) is 5.80. The lowest BCUT2D eigenvalue weighted by atomic mass is 9.85. The molecule has 1 atom stereocenters. The normalized spacial score (nSPS) is 18.0. The standard InChI is InChI=1S/C24H27F3N2O4/c1-32-19-7-6-16(13-20(19)33-2)14-23(11-9-22(31)29-23)10-8-21(30)28-15-17-4-3-5-18(12-17)24(25,26)27/h3-7,12-13H,8-11,14-15H2,1-2H3,(H,28,30)(H,29,31)/t23-/m0/s1. The Morgan fingerprint density at radius 3 is 2.48 bits per heavy atom. The zero-order valence-corrected chi connectivity index (χ0v) is 18.6. The van der Waals surface area contributed by atoms with Crippen LogP contribution in [0.15, 0.2) is 42.5 Å². The quantitative estimate of drug-likeness (QED) is 0.588. The van der Waals surface area contributed by atoms with Crippen molar-refractivity contribution < 1.29 is 32.2 Å². The van der Waals surface area contributed by atoms with Gasteiger partial charge in [-0.05, 0) is 54.7 Å². The highest BCUT2D eigenvalue weighted by atomic mass is 19.4. The summed E-state index contributed by atoms with van der Waals surface area (Å²) in [6.45, 7) is -0.00219. The molecule has 2 aromatic rings. The van der Waals surface area contributed by atoms with E-state index in [1.807, 2.05) is 12.1 Å². The maximum atomic E-state index is 12.9. The van der Waals surface area contributed by atoms with E-state index in [9.17, 15) is 22.8 Å². The van der Waals surface area contributed by atoms with Crippen molar-refractivity contribution in [3.63, 3.8) is 0 Å². The van der Waals surface area contributed by atoms with E-state index in [0.29, 0.717) is 42.7 Å². The SMILES string of the molecule is COc1ccc(C[C@]2(CCC(=O)NCc3cccc(C(F)(F)F)c3)CCC(=O)N2)cc1OC. The number of hydrogen-bond donors (Lipinski definition) is 2. The average Bonchev–Trinajstić information content (AvgIpc) is 3.16. The Labute approximate surface area is 190 Å². The monoisotopic (exact) mass is 464 g/mol. The van der Waals surface area contributed by atoms with Gasteiger partial charge in [0.1, 0.15) is 0 Å². The summed E-state index contributed by atoms with van der Waals surface area (Å²) in [5, 5.41) is 5.69. The molecule has 0 bridgehead atoms. The molecule has 2 N–H and O–H groups in total. The molecular formula is C24H27F3N2O4. The lowest BCUT2D eigenvalue weighted by molar-refractivity contribution is -0.137. The van der Waals surface area contributed by atoms with Gasteiger partial charge in [0.15, 0.2) is 11.5 Å². The van der Waals surface area contributed by atoms with Gasteiger partial charge in [-0.1, -0.05) is 18.2 Å². The Morgan fingerprint density at radius 1 is 1.09 bits per heavy atom. The molecule has 33 heavy (non-hydrogen) atoms. The maximum Gasteiger partial charge on any atom is 0.416 e. The summed E-state index contributed by atoms with van der Waals surface area (Å²) in [7, 11) is 3.09. The third kappa shape index (κ3) is 6.40. The molecule has 2 amide bonds. The van der Waals surface area contributed by atoms with Gasteiger partial charge < -0.3 is 20.1 Å². The third-order valence-electron chi connectivity index (χ3n) is 5.80. The van der Waals surface area contributed by atoms with Crippen molar-refractivity contribution in [3.8, 4) is 11.5 Å². The minimum Gasteiger partial charge on any atom is -0.493 e. The van der Waals surface area contributed by atoms with Crippen molar-refractivity contribution in [1.29, 1.82) is 0 Å². The smallest absolute Gasteiger partial charge is 0.416 e. The fraction of sp³-hybridized carbons (Fsp3) is 0.417. The number of methoxy groups -OCH3 is 2. The first kappa shape index (κ1) is 24.4. The summed E-state index contributed by atoms with van der Waals surface area (Å²) in [5.74, 6) is 0.813. The van der Waals surface area contributed by atoms with Crippen LogP contribution in [0.1, 0.15) is 42.4 Å². The van der Waals surface area contributed by atoms with Gasteiger partial charge in [0, 0.05) is 24.9 Å². The van der Waals surface area contributed by atoms with E-state index in [1.54, 1.807) is 20.3 Å². The van der Waals surface area contributed by atoms with Crippen LogP contribution in [0.25, 0.3) is 0 Å². The van der Waals surface area contributed by atoms with Gasteiger partial charge in [0.25, 0.3) is 0 Å². The maximum absolute atomic E-state index is 12.9. The molecule has 2 aromatic carbocycles. The van der Waals surface area contributed by atoms with Crippen LogP contribution in [0, 0.1) is 0 Å². The fourth-order valence-electron chi connectivity index (χ4n) is 4.06. The Balaban J connectivity index is 1.62. The summed E-state index contributed by atoms with van der Waals surface area (Å²) >= 11 is 0. The van der Waals surface area contributed by atoms with Crippen LogP contribution in [0.3, 0.4) is 0 Å². The number of alkyl halides is 3. The summed E-state index contributed by atoms with van der Waals surface area (Å²) in [6.07, 6.45) is -2.43. The zero-order chi connectivity index (χ0) is 24.1. The lowest BCUT2D eigenvalue weighted by Crippen LogP contribution is -2.44. The van der Waals surface area contributed by atoms with Crippen molar-refractivity contribution in [2.45, 2.75) is 50.4 Å². The minimum atomic E-state index is -4.43. The number of carbonyl (C=O) groups excluding carboxylic acids is 2. The van der Waals surface area contributed by atoms with Gasteiger partial charge in [-0.25, -0.2) is 0 Å². The van der Waals surface area contributed by atoms with Gasteiger partial charge in [-0.15, -0.1) is 0 Å². The average molecular weight is 464 g/mol. The van der Waals surface area contributed by atoms with Crippen LogP contribution < -0.4 is 20.1 Å². The molecule has 0 radical (unpaired) electrons. The fourth-order valence-corrected chi connectivity index (χ4v) is 4.06. The topological polar surface area (TPSA) is 76.7 Å². The Hall–Kier alpha value is -3.23. The van der Waals surface area contributed by atoms with Crippen molar-refractivity contribution in [1.82, 2.24) is 10.6 Å². The summed E-state index contributed by atoms with van der Waals surface area (Å²) in [6, 6.07) is 10.4. The van der Waals surface area contributed by atoms with Crippen LogP contribution in [0.5, 0.6) is 11.5 Å². The van der Waals surface area contributed by atoms with Crippen molar-refractivity contribution >= 4 is 11.8 Å². The number of nitrogens with one attached hydrogen (secondary N) is 2. The molecule has 1 heterocycles. The number of carbonyl (C=O) groups is 2. The first-order valence-corrected chi connectivity index (χ1v) is 10.6. The molecule has 0 aromatic heterocycles. The molecule has 1 aliphatic rings. The van der Waals surface area contributed by atoms with Gasteiger partial charge >= 0.3 is 6.18 Å². The molecule has 6 nitrogen and oxygen atoms in total. The second kappa shape index (κ2) is 10.1. The number of hydrogen-bond acceptors (Lipinski definition) is 4. The van der Waals surface area contributed by atoms with E-state index < -0.39 is 17.3 Å². The second-order valence-electron chi connectivity index (χ2n) is 8.17. The molecule has 9 heteroatoms. The van der Waals surface area contributed by atoms with Gasteiger partial charge in [0.2, 0.25) is 11.8 Å². The molecule has 3 rings (SSSR count). The first-order chi connectivity index (χ1) is 15.6. The second-order valence-corrected chi connectivity index (χ2v) is 8.17. The summed E-state index contributed by atoms with van der Waals surface area (Å²) in [5.41, 5.74) is -0.0343. The van der Waals surface area contributed by atoms with E-state index in [1.165, 1.54) is 12.1 Å². The van der Waals surface area contributed by atoms with Gasteiger partial charge in [-0.3, -0.25) is 9.59 Å². The minimum absolute atomic E-state index is 0.00219. The Kier molecular flexibility index (Phi) is 7.50. The highest BCUT2D eigenvalue weighted by Gasteiger charge is 2.38. The van der Waals surface area contributed by atoms with Crippen LogP contribution in [-0.2, 0) is 28.7 Å². The molecule has 1 fully saturated rings. The number of benzene rings is 2. The molecule has 0 saturated carbocycles. The van der Waals surface area contributed by atoms with Crippen molar-refractivity contribution in [2.75, 3.05) is 14.2 Å².